The van der Waals surface area contributed by atoms with E-state index >= 15 is 0 Å². The first-order valence-corrected chi connectivity index (χ1v) is 8.17. The van der Waals surface area contributed by atoms with Crippen LogP contribution in [0.3, 0.4) is 0 Å². The van der Waals surface area contributed by atoms with Crippen LogP contribution in [0.4, 0.5) is 0 Å². The van der Waals surface area contributed by atoms with Crippen LogP contribution in [0.1, 0.15) is 28.4 Å². The zero-order valence-corrected chi connectivity index (χ0v) is 14.7. The summed E-state index contributed by atoms with van der Waals surface area (Å²) in [6, 6.07) is 13.1. The molecule has 0 aliphatic carbocycles. The van der Waals surface area contributed by atoms with E-state index in [1.54, 1.807) is 13.0 Å². The van der Waals surface area contributed by atoms with Gasteiger partial charge in [-0.05, 0) is 38.0 Å². The minimum Gasteiger partial charge on any atom is -0.507 e. The van der Waals surface area contributed by atoms with Crippen molar-refractivity contribution >= 4 is 17.7 Å². The van der Waals surface area contributed by atoms with Gasteiger partial charge in [-0.15, -0.1) is 0 Å². The van der Waals surface area contributed by atoms with E-state index in [2.05, 4.69) is 5.32 Å². The molecule has 0 saturated heterocycles. The Hall–Kier alpha value is -3.15. The molecule has 0 fully saturated rings. The van der Waals surface area contributed by atoms with Crippen molar-refractivity contribution in [1.82, 2.24) is 5.32 Å². The lowest BCUT2D eigenvalue weighted by Gasteiger charge is -2.16. The second kappa shape index (κ2) is 8.80. The Bertz CT molecular complexity index is 801. The lowest BCUT2D eigenvalue weighted by molar-refractivity contribution is -0.128. The Kier molecular flexibility index (Phi) is 6.49. The molecule has 2 aromatic carbocycles. The zero-order valence-electron chi connectivity index (χ0n) is 14.7. The lowest BCUT2D eigenvalue weighted by atomic mass is 10.0. The van der Waals surface area contributed by atoms with Crippen molar-refractivity contribution in [3.8, 4) is 5.75 Å². The second-order valence-electron chi connectivity index (χ2n) is 6.02. The fourth-order valence-corrected chi connectivity index (χ4v) is 2.40. The van der Waals surface area contributed by atoms with Crippen LogP contribution in [-0.2, 0) is 20.7 Å². The minimum absolute atomic E-state index is 0.00907. The molecule has 6 heteroatoms. The van der Waals surface area contributed by atoms with Crippen LogP contribution in [-0.4, -0.2) is 35.4 Å². The number of amides is 1. The summed E-state index contributed by atoms with van der Waals surface area (Å²) in [7, 11) is 0. The second-order valence-corrected chi connectivity index (χ2v) is 6.02. The lowest BCUT2D eigenvalue weighted by Crippen LogP contribution is -2.43. The summed E-state index contributed by atoms with van der Waals surface area (Å²) >= 11 is 0. The van der Waals surface area contributed by atoms with Crippen LogP contribution >= 0.6 is 0 Å². The molecule has 0 heterocycles. The maximum atomic E-state index is 12.0. The van der Waals surface area contributed by atoms with Crippen molar-refractivity contribution in [2.24, 2.45) is 0 Å². The van der Waals surface area contributed by atoms with E-state index in [1.165, 1.54) is 19.1 Å². The Morgan fingerprint density at radius 1 is 1.12 bits per heavy atom. The summed E-state index contributed by atoms with van der Waals surface area (Å²) in [5.41, 5.74) is 1.68. The first kappa shape index (κ1) is 19.2. The number of aryl methyl sites for hydroxylation is 1. The third-order valence-electron chi connectivity index (χ3n) is 3.81. The van der Waals surface area contributed by atoms with Gasteiger partial charge >= 0.3 is 5.97 Å². The van der Waals surface area contributed by atoms with Crippen LogP contribution in [0.15, 0.2) is 48.5 Å². The Morgan fingerprint density at radius 2 is 1.81 bits per heavy atom. The number of hydrogen-bond acceptors (Lipinski definition) is 5. The number of phenols is 1. The molecule has 0 aliphatic rings. The molecule has 0 bridgehead atoms. The standard InChI is InChI=1S/C20H21NO5/c1-13-8-9-18(23)16(10-13)20(25)26-12-19(24)21-17(14(2)22)11-15-6-4-3-5-7-15/h3-10,17,23H,11-12H2,1-2H3,(H,21,24)/t17-/m1/s1. The summed E-state index contributed by atoms with van der Waals surface area (Å²) in [5, 5.41) is 12.3. The molecular weight excluding hydrogens is 334 g/mol. The van der Waals surface area contributed by atoms with Gasteiger partial charge in [-0.25, -0.2) is 4.79 Å². The number of nitrogens with one attached hydrogen (secondary N) is 1. The van der Waals surface area contributed by atoms with Crippen LogP contribution in [0.25, 0.3) is 0 Å². The van der Waals surface area contributed by atoms with Crippen molar-refractivity contribution in [2.45, 2.75) is 26.3 Å². The Labute approximate surface area is 151 Å². The van der Waals surface area contributed by atoms with Crippen LogP contribution in [0.5, 0.6) is 5.75 Å². The molecule has 0 aliphatic heterocycles. The topological polar surface area (TPSA) is 92.7 Å². The van der Waals surface area contributed by atoms with Gasteiger partial charge in [0.2, 0.25) is 0 Å². The Balaban J connectivity index is 1.92. The van der Waals surface area contributed by atoms with E-state index in [4.69, 9.17) is 4.74 Å². The average Bonchev–Trinajstić information content (AvgIpc) is 2.62. The first-order valence-electron chi connectivity index (χ1n) is 8.17. The first-order chi connectivity index (χ1) is 12.4. The molecule has 2 aromatic rings. The largest absolute Gasteiger partial charge is 0.507 e. The summed E-state index contributed by atoms with van der Waals surface area (Å²) < 4.78 is 4.93. The smallest absolute Gasteiger partial charge is 0.342 e. The molecule has 0 radical (unpaired) electrons. The van der Waals surface area contributed by atoms with Gasteiger partial charge in [0.1, 0.15) is 11.3 Å². The van der Waals surface area contributed by atoms with E-state index in [9.17, 15) is 19.5 Å². The molecule has 1 atom stereocenters. The van der Waals surface area contributed by atoms with Gasteiger partial charge in [-0.1, -0.05) is 42.0 Å². The van der Waals surface area contributed by atoms with Crippen LogP contribution in [0.2, 0.25) is 0 Å². The molecule has 2 rings (SSSR count). The van der Waals surface area contributed by atoms with Gasteiger partial charge in [-0.2, -0.15) is 0 Å². The summed E-state index contributed by atoms with van der Waals surface area (Å²) in [5.74, 6) is -1.79. The normalized spacial score (nSPS) is 11.5. The molecule has 2 N–H and O–H groups in total. The van der Waals surface area contributed by atoms with E-state index in [-0.39, 0.29) is 17.1 Å². The van der Waals surface area contributed by atoms with Crippen molar-refractivity contribution in [2.75, 3.05) is 6.61 Å². The third-order valence-corrected chi connectivity index (χ3v) is 3.81. The summed E-state index contributed by atoms with van der Waals surface area (Å²) in [4.78, 5) is 35.8. The highest BCUT2D eigenvalue weighted by Crippen LogP contribution is 2.19. The van der Waals surface area contributed by atoms with Gasteiger partial charge in [-0.3, -0.25) is 9.59 Å². The number of hydrogen-bond donors (Lipinski definition) is 2. The maximum Gasteiger partial charge on any atom is 0.342 e. The molecule has 0 aromatic heterocycles. The number of phenolic OH excluding ortho intramolecular Hbond substituents is 1. The zero-order chi connectivity index (χ0) is 19.1. The molecule has 26 heavy (non-hydrogen) atoms. The maximum absolute atomic E-state index is 12.0. The summed E-state index contributed by atoms with van der Waals surface area (Å²) in [6.07, 6.45) is 0.356. The van der Waals surface area contributed by atoms with Crippen LogP contribution in [0, 0.1) is 6.92 Å². The molecule has 6 nitrogen and oxygen atoms in total. The molecule has 0 unspecified atom stereocenters. The Morgan fingerprint density at radius 3 is 2.46 bits per heavy atom. The predicted molar refractivity (Wildman–Crippen MR) is 95.9 cm³/mol. The number of rotatable bonds is 7. The molecular formula is C20H21NO5. The highest BCUT2D eigenvalue weighted by atomic mass is 16.5. The number of esters is 1. The van der Waals surface area contributed by atoms with E-state index in [1.807, 2.05) is 30.3 Å². The van der Waals surface area contributed by atoms with E-state index in [0.717, 1.165) is 11.1 Å². The number of aromatic hydroxyl groups is 1. The van der Waals surface area contributed by atoms with E-state index in [0.29, 0.717) is 6.42 Å². The molecule has 1 amide bonds. The molecule has 136 valence electrons. The van der Waals surface area contributed by atoms with Gasteiger partial charge in [0, 0.05) is 0 Å². The third kappa shape index (κ3) is 5.44. The highest BCUT2D eigenvalue weighted by Gasteiger charge is 2.19. The van der Waals surface area contributed by atoms with Gasteiger partial charge < -0.3 is 15.2 Å². The van der Waals surface area contributed by atoms with Gasteiger partial charge in [0.15, 0.2) is 12.4 Å². The monoisotopic (exact) mass is 355 g/mol. The molecule has 0 saturated carbocycles. The fourth-order valence-electron chi connectivity index (χ4n) is 2.40. The van der Waals surface area contributed by atoms with Crippen LogP contribution < -0.4 is 5.32 Å². The predicted octanol–water partition coefficient (Wildman–Crippen LogP) is 2.17. The van der Waals surface area contributed by atoms with Crippen molar-refractivity contribution in [3.63, 3.8) is 0 Å². The SMILES string of the molecule is CC(=O)[C@@H](Cc1ccccc1)NC(=O)COC(=O)c1cc(C)ccc1O. The van der Waals surface area contributed by atoms with Crippen molar-refractivity contribution in [1.29, 1.82) is 0 Å². The number of benzene rings is 2. The quantitative estimate of drug-likeness (QED) is 0.743. The van der Waals surface area contributed by atoms with Crippen molar-refractivity contribution < 1.29 is 24.2 Å². The van der Waals surface area contributed by atoms with Gasteiger partial charge in [0.25, 0.3) is 5.91 Å². The van der Waals surface area contributed by atoms with Gasteiger partial charge in [0.05, 0.1) is 6.04 Å². The highest BCUT2D eigenvalue weighted by molar-refractivity contribution is 5.94. The fraction of sp³-hybridized carbons (Fsp3) is 0.250. The molecule has 0 spiro atoms. The number of carbonyl (C=O) groups excluding carboxylic acids is 3. The van der Waals surface area contributed by atoms with E-state index < -0.39 is 24.5 Å². The number of Topliss-reactive ketones (excluding diaryl/α,β-unsaturated/α-hetero) is 1. The van der Waals surface area contributed by atoms with Crippen molar-refractivity contribution in [3.05, 3.63) is 65.2 Å². The number of ketones is 1. The number of ether oxygens (including phenoxy) is 1. The minimum atomic E-state index is -0.802. The number of carbonyl (C=O) groups is 3. The average molecular weight is 355 g/mol. The summed E-state index contributed by atoms with van der Waals surface area (Å²) in [6.45, 7) is 2.62.